The minimum atomic E-state index is -0.445. The first kappa shape index (κ1) is 22.2. The second-order valence-corrected chi connectivity index (χ2v) is 8.44. The second kappa shape index (κ2) is 9.66. The van der Waals surface area contributed by atoms with E-state index in [9.17, 15) is 14.9 Å². The second-order valence-electron chi connectivity index (χ2n) is 7.50. The summed E-state index contributed by atoms with van der Waals surface area (Å²) in [4.78, 5) is 23.4. The van der Waals surface area contributed by atoms with Crippen molar-refractivity contribution in [1.82, 2.24) is 14.8 Å². The van der Waals surface area contributed by atoms with E-state index in [1.165, 1.54) is 23.9 Å². The zero-order valence-corrected chi connectivity index (χ0v) is 18.9. The van der Waals surface area contributed by atoms with Gasteiger partial charge >= 0.3 is 0 Å². The Kier molecular flexibility index (Phi) is 6.50. The zero-order chi connectivity index (χ0) is 23.4. The SMILES string of the molecule is Cc1cc(C)cc(NC(=O)CSc2nnc(-c3cccc([N+](=O)[O-])c3)n2-c2ccccc2)c1. The van der Waals surface area contributed by atoms with Crippen LogP contribution in [-0.2, 0) is 4.79 Å². The van der Waals surface area contributed by atoms with Gasteiger partial charge in [0, 0.05) is 29.1 Å². The number of aromatic nitrogens is 3. The highest BCUT2D eigenvalue weighted by Crippen LogP contribution is 2.29. The lowest BCUT2D eigenvalue weighted by Gasteiger charge is -2.11. The molecule has 1 heterocycles. The molecule has 4 rings (SSSR count). The van der Waals surface area contributed by atoms with E-state index in [0.29, 0.717) is 16.5 Å². The van der Waals surface area contributed by atoms with Gasteiger partial charge in [-0.1, -0.05) is 48.2 Å². The Morgan fingerprint density at radius 1 is 1.00 bits per heavy atom. The first-order valence-electron chi connectivity index (χ1n) is 10.2. The van der Waals surface area contributed by atoms with Crippen molar-refractivity contribution in [3.8, 4) is 17.1 Å². The Balaban J connectivity index is 1.61. The summed E-state index contributed by atoms with van der Waals surface area (Å²) in [5.41, 5.74) is 4.22. The van der Waals surface area contributed by atoms with Crippen LogP contribution in [0.25, 0.3) is 17.1 Å². The van der Waals surface area contributed by atoms with Gasteiger partial charge in [-0.2, -0.15) is 0 Å². The molecule has 0 radical (unpaired) electrons. The Hall–Kier alpha value is -3.98. The quantitative estimate of drug-likeness (QED) is 0.232. The molecule has 0 fully saturated rings. The van der Waals surface area contributed by atoms with E-state index in [1.807, 2.05) is 62.4 Å². The lowest BCUT2D eigenvalue weighted by molar-refractivity contribution is -0.384. The molecule has 166 valence electrons. The van der Waals surface area contributed by atoms with Crippen molar-refractivity contribution in [3.63, 3.8) is 0 Å². The first-order valence-corrected chi connectivity index (χ1v) is 11.2. The number of non-ortho nitro benzene ring substituents is 1. The number of carbonyl (C=O) groups is 1. The van der Waals surface area contributed by atoms with E-state index < -0.39 is 4.92 Å². The normalized spacial score (nSPS) is 10.7. The van der Waals surface area contributed by atoms with E-state index in [4.69, 9.17) is 0 Å². The molecule has 0 aliphatic heterocycles. The number of hydrogen-bond donors (Lipinski definition) is 1. The van der Waals surface area contributed by atoms with E-state index >= 15 is 0 Å². The van der Waals surface area contributed by atoms with Crippen LogP contribution < -0.4 is 5.32 Å². The first-order chi connectivity index (χ1) is 15.9. The molecule has 0 spiro atoms. The van der Waals surface area contributed by atoms with Gasteiger partial charge in [0.1, 0.15) is 0 Å². The number of amides is 1. The number of thioether (sulfide) groups is 1. The maximum absolute atomic E-state index is 12.6. The maximum Gasteiger partial charge on any atom is 0.270 e. The third-order valence-electron chi connectivity index (χ3n) is 4.80. The molecule has 0 bridgehead atoms. The molecule has 0 aliphatic rings. The number of para-hydroxylation sites is 1. The lowest BCUT2D eigenvalue weighted by Crippen LogP contribution is -2.14. The third-order valence-corrected chi connectivity index (χ3v) is 5.73. The molecule has 3 aromatic carbocycles. The number of hydrogen-bond acceptors (Lipinski definition) is 6. The van der Waals surface area contributed by atoms with Gasteiger partial charge in [-0.3, -0.25) is 19.5 Å². The molecular weight excluding hydrogens is 438 g/mol. The third kappa shape index (κ3) is 5.27. The molecule has 0 unspecified atom stereocenters. The number of carbonyl (C=O) groups excluding carboxylic acids is 1. The van der Waals surface area contributed by atoms with Crippen LogP contribution in [-0.4, -0.2) is 31.3 Å². The topological polar surface area (TPSA) is 103 Å². The molecule has 8 nitrogen and oxygen atoms in total. The summed E-state index contributed by atoms with van der Waals surface area (Å²) < 4.78 is 1.80. The van der Waals surface area contributed by atoms with Gasteiger partial charge in [0.15, 0.2) is 11.0 Å². The Morgan fingerprint density at radius 3 is 2.42 bits per heavy atom. The highest BCUT2D eigenvalue weighted by molar-refractivity contribution is 7.99. The summed E-state index contributed by atoms with van der Waals surface area (Å²) >= 11 is 1.25. The van der Waals surface area contributed by atoms with Crippen molar-refractivity contribution >= 4 is 29.0 Å². The number of anilines is 1. The molecule has 1 amide bonds. The number of nitro benzene ring substituents is 1. The molecule has 0 aliphatic carbocycles. The van der Waals surface area contributed by atoms with E-state index in [-0.39, 0.29) is 17.3 Å². The Labute approximate surface area is 194 Å². The van der Waals surface area contributed by atoms with Crippen LogP contribution in [0.3, 0.4) is 0 Å². The number of aryl methyl sites for hydroxylation is 2. The molecular formula is C24H21N5O3S. The van der Waals surface area contributed by atoms with Gasteiger partial charge in [-0.25, -0.2) is 0 Å². The number of benzene rings is 3. The summed E-state index contributed by atoms with van der Waals surface area (Å²) in [5, 5.41) is 23.2. The van der Waals surface area contributed by atoms with Crippen molar-refractivity contribution in [2.75, 3.05) is 11.1 Å². The highest BCUT2D eigenvalue weighted by atomic mass is 32.2. The number of nitro groups is 1. The predicted molar refractivity (Wildman–Crippen MR) is 129 cm³/mol. The van der Waals surface area contributed by atoms with Gasteiger partial charge in [-0.05, 0) is 49.2 Å². The average molecular weight is 460 g/mol. The smallest absolute Gasteiger partial charge is 0.270 e. The van der Waals surface area contributed by atoms with Gasteiger partial charge in [0.25, 0.3) is 5.69 Å². The molecule has 9 heteroatoms. The highest BCUT2D eigenvalue weighted by Gasteiger charge is 2.19. The summed E-state index contributed by atoms with van der Waals surface area (Å²) in [7, 11) is 0. The van der Waals surface area contributed by atoms with Crippen molar-refractivity contribution in [3.05, 3.63) is 94.0 Å². The van der Waals surface area contributed by atoms with Crippen LogP contribution >= 0.6 is 11.8 Å². The number of nitrogens with one attached hydrogen (secondary N) is 1. The maximum atomic E-state index is 12.6. The predicted octanol–water partition coefficient (Wildman–Crippen LogP) is 5.19. The van der Waals surface area contributed by atoms with Gasteiger partial charge in [-0.15, -0.1) is 10.2 Å². The Bertz CT molecular complexity index is 1300. The molecule has 0 saturated heterocycles. The summed E-state index contributed by atoms with van der Waals surface area (Å²) in [6.07, 6.45) is 0. The standard InChI is InChI=1S/C24H21N5O3S/c1-16-11-17(2)13-19(12-16)25-22(30)15-33-24-27-26-23(28(24)20-8-4-3-5-9-20)18-7-6-10-21(14-18)29(31)32/h3-14H,15H2,1-2H3,(H,25,30). The van der Waals surface area contributed by atoms with E-state index in [2.05, 4.69) is 15.5 Å². The van der Waals surface area contributed by atoms with Gasteiger partial charge in [0.05, 0.1) is 10.7 Å². The van der Waals surface area contributed by atoms with Crippen LogP contribution in [0.1, 0.15) is 11.1 Å². The van der Waals surface area contributed by atoms with Crippen molar-refractivity contribution < 1.29 is 9.72 Å². The van der Waals surface area contributed by atoms with Crippen molar-refractivity contribution in [2.45, 2.75) is 19.0 Å². The average Bonchev–Trinajstić information content (AvgIpc) is 3.21. The number of nitrogens with zero attached hydrogens (tertiary/aromatic N) is 4. The van der Waals surface area contributed by atoms with E-state index in [1.54, 1.807) is 16.7 Å². The van der Waals surface area contributed by atoms with Crippen LogP contribution in [0.2, 0.25) is 0 Å². The molecule has 1 aromatic heterocycles. The Morgan fingerprint density at radius 2 is 1.73 bits per heavy atom. The van der Waals surface area contributed by atoms with Crippen molar-refractivity contribution in [2.24, 2.45) is 0 Å². The van der Waals surface area contributed by atoms with Gasteiger partial charge < -0.3 is 5.32 Å². The fourth-order valence-corrected chi connectivity index (χ4v) is 4.24. The fraction of sp³-hybridized carbons (Fsp3) is 0.125. The molecule has 0 atom stereocenters. The largest absolute Gasteiger partial charge is 0.325 e. The molecule has 0 saturated carbocycles. The van der Waals surface area contributed by atoms with E-state index in [0.717, 1.165) is 22.5 Å². The monoisotopic (exact) mass is 459 g/mol. The molecule has 1 N–H and O–H groups in total. The van der Waals surface area contributed by atoms with Crippen molar-refractivity contribution in [1.29, 1.82) is 0 Å². The zero-order valence-electron chi connectivity index (χ0n) is 18.1. The van der Waals surface area contributed by atoms with Crippen LogP contribution in [0, 0.1) is 24.0 Å². The van der Waals surface area contributed by atoms with Crippen LogP contribution in [0.15, 0.2) is 78.0 Å². The van der Waals surface area contributed by atoms with Gasteiger partial charge in [0.2, 0.25) is 5.91 Å². The molecule has 4 aromatic rings. The van der Waals surface area contributed by atoms with Crippen LogP contribution in [0.4, 0.5) is 11.4 Å². The summed E-state index contributed by atoms with van der Waals surface area (Å²) in [6.45, 7) is 3.96. The summed E-state index contributed by atoms with van der Waals surface area (Å²) in [5.74, 6) is 0.430. The lowest BCUT2D eigenvalue weighted by atomic mass is 10.1. The van der Waals surface area contributed by atoms with Crippen LogP contribution in [0.5, 0.6) is 0 Å². The number of rotatable bonds is 7. The summed E-state index contributed by atoms with van der Waals surface area (Å²) in [6, 6.07) is 21.6. The minimum absolute atomic E-state index is 0.0304. The minimum Gasteiger partial charge on any atom is -0.325 e. The fourth-order valence-electron chi connectivity index (χ4n) is 3.49. The molecule has 33 heavy (non-hydrogen) atoms.